The molecule has 2 aromatic carbocycles. The summed E-state index contributed by atoms with van der Waals surface area (Å²) >= 11 is 1.13. The maximum Gasteiger partial charge on any atom is 0.492 e. The monoisotopic (exact) mass is 380 g/mol. The smallest absolute Gasteiger partial charge is 0.465 e. The van der Waals surface area contributed by atoms with E-state index in [4.69, 9.17) is 13.8 Å². The van der Waals surface area contributed by atoms with Gasteiger partial charge in [0.15, 0.2) is 0 Å². The van der Waals surface area contributed by atoms with Gasteiger partial charge in [0.25, 0.3) is 0 Å². The minimum atomic E-state index is -3.56. The van der Waals surface area contributed by atoms with Crippen LogP contribution in [0.1, 0.15) is 30.1 Å². The van der Waals surface area contributed by atoms with Crippen LogP contribution in [0, 0.1) is 0 Å². The number of ether oxygens (including phenoxy) is 1. The molecule has 25 heavy (non-hydrogen) atoms. The van der Waals surface area contributed by atoms with E-state index in [1.54, 1.807) is 48.5 Å². The predicted octanol–water partition coefficient (Wildman–Crippen LogP) is 5.57. The van der Waals surface area contributed by atoms with Crippen LogP contribution >= 0.6 is 18.2 Å². The third-order valence-corrected chi connectivity index (χ3v) is 6.80. The highest BCUT2D eigenvalue weighted by molar-refractivity contribution is 8.55. The zero-order valence-corrected chi connectivity index (χ0v) is 15.9. The second-order valence-electron chi connectivity index (χ2n) is 5.12. The van der Waals surface area contributed by atoms with Crippen molar-refractivity contribution in [3.63, 3.8) is 0 Å². The molecule has 0 fully saturated rings. The van der Waals surface area contributed by atoms with E-state index in [1.165, 1.54) is 7.11 Å². The third kappa shape index (κ3) is 5.83. The molecule has 1 atom stereocenters. The van der Waals surface area contributed by atoms with Crippen molar-refractivity contribution < 1.29 is 23.1 Å². The minimum Gasteiger partial charge on any atom is -0.465 e. The fourth-order valence-electron chi connectivity index (χ4n) is 1.95. The summed E-state index contributed by atoms with van der Waals surface area (Å²) in [6, 6.07) is 15.4. The van der Waals surface area contributed by atoms with Crippen molar-refractivity contribution in [2.24, 2.45) is 0 Å². The molecule has 0 spiro atoms. The summed E-state index contributed by atoms with van der Waals surface area (Å²) in [6.07, 6.45) is 1.85. The first-order valence-electron chi connectivity index (χ1n) is 7.94. The lowest BCUT2D eigenvalue weighted by Gasteiger charge is -2.20. The number of para-hydroxylation sites is 2. The van der Waals surface area contributed by atoms with Crippen molar-refractivity contribution in [2.45, 2.75) is 19.8 Å². The molecule has 0 aromatic heterocycles. The van der Waals surface area contributed by atoms with E-state index in [9.17, 15) is 9.36 Å². The number of rotatable bonds is 9. The Bertz CT molecular complexity index is 735. The molecule has 0 saturated carbocycles. The van der Waals surface area contributed by atoms with Crippen molar-refractivity contribution in [3.8, 4) is 11.5 Å². The summed E-state index contributed by atoms with van der Waals surface area (Å²) in [5, 5.41) is 0. The summed E-state index contributed by atoms with van der Waals surface area (Å²) in [7, 11) is 1.29. The fourth-order valence-corrected chi connectivity index (χ4v) is 5.39. The van der Waals surface area contributed by atoms with E-state index in [-0.39, 0.29) is 11.3 Å². The molecule has 0 N–H and O–H groups in total. The second-order valence-corrected chi connectivity index (χ2v) is 9.16. The Labute approximate surface area is 152 Å². The number of carbonyl (C=O) groups is 1. The number of benzene rings is 2. The molecule has 2 aromatic rings. The van der Waals surface area contributed by atoms with Gasteiger partial charge in [0, 0.05) is 5.75 Å². The first kappa shape index (κ1) is 19.4. The Morgan fingerprint density at radius 1 is 1.04 bits per heavy atom. The van der Waals surface area contributed by atoms with Crippen molar-refractivity contribution >= 4 is 24.1 Å². The van der Waals surface area contributed by atoms with Gasteiger partial charge in [-0.3, -0.25) is 0 Å². The average molecular weight is 380 g/mol. The fraction of sp³-hybridized carbons (Fsp3) is 0.278. The largest absolute Gasteiger partial charge is 0.492 e. The lowest BCUT2D eigenvalue weighted by molar-refractivity contribution is 0.0598. The molecule has 0 aliphatic heterocycles. The molecule has 5 nitrogen and oxygen atoms in total. The number of carbonyl (C=O) groups excluding carboxylic acids is 1. The summed E-state index contributed by atoms with van der Waals surface area (Å²) in [4.78, 5) is 11.9. The Kier molecular flexibility index (Phi) is 7.41. The van der Waals surface area contributed by atoms with E-state index in [1.807, 2.05) is 6.07 Å². The summed E-state index contributed by atoms with van der Waals surface area (Å²) in [5.74, 6) is 0.699. The average Bonchev–Trinajstić information content (AvgIpc) is 2.62. The van der Waals surface area contributed by atoms with Gasteiger partial charge in [0.05, 0.1) is 7.11 Å². The van der Waals surface area contributed by atoms with E-state index >= 15 is 0 Å². The van der Waals surface area contributed by atoms with Crippen LogP contribution in [0.3, 0.4) is 0 Å². The summed E-state index contributed by atoms with van der Waals surface area (Å²) < 4.78 is 29.4. The zero-order chi connectivity index (χ0) is 18.1. The summed E-state index contributed by atoms with van der Waals surface area (Å²) in [6.45, 7) is -1.51. The predicted molar refractivity (Wildman–Crippen MR) is 100 cm³/mol. The highest BCUT2D eigenvalue weighted by Gasteiger charge is 2.31. The molecular weight excluding hydrogens is 359 g/mol. The van der Waals surface area contributed by atoms with Gasteiger partial charge in [0.1, 0.15) is 17.1 Å². The Balaban J connectivity index is 2.27. The van der Waals surface area contributed by atoms with Gasteiger partial charge in [0.2, 0.25) is 0 Å². The molecule has 134 valence electrons. The van der Waals surface area contributed by atoms with Gasteiger partial charge < -0.3 is 13.8 Å². The molecule has 7 heteroatoms. The quantitative estimate of drug-likeness (QED) is 0.322. The Morgan fingerprint density at radius 3 is 2.40 bits per heavy atom. The molecule has 0 heterocycles. The number of methoxy groups -OCH3 is 1. The van der Waals surface area contributed by atoms with E-state index in [0.717, 1.165) is 24.2 Å². The van der Waals surface area contributed by atoms with Gasteiger partial charge >= 0.3 is 12.8 Å². The number of hydrogen-bond acceptors (Lipinski definition) is 6. The van der Waals surface area contributed by atoms with Crippen molar-refractivity contribution in [3.05, 3.63) is 60.2 Å². The van der Waals surface area contributed by atoms with Crippen molar-refractivity contribution in [1.29, 1.82) is 0 Å². The van der Waals surface area contributed by atoms with E-state index in [2.05, 4.69) is 6.92 Å². The normalized spacial score (nSPS) is 12.9. The van der Waals surface area contributed by atoms with Crippen LogP contribution in [0.4, 0.5) is 0 Å². The molecule has 0 bridgehead atoms. The van der Waals surface area contributed by atoms with Gasteiger partial charge in [-0.25, -0.2) is 9.36 Å². The van der Waals surface area contributed by atoms with Gasteiger partial charge in [-0.2, -0.15) is 0 Å². The van der Waals surface area contributed by atoms with Crippen LogP contribution in [0.25, 0.3) is 0 Å². The van der Waals surface area contributed by atoms with Crippen LogP contribution in [-0.2, 0) is 9.30 Å². The zero-order valence-electron chi connectivity index (χ0n) is 14.2. The Hall–Kier alpha value is -1.91. The molecule has 0 amide bonds. The van der Waals surface area contributed by atoms with E-state index in [0.29, 0.717) is 11.5 Å². The molecule has 2 rings (SSSR count). The second kappa shape index (κ2) is 9.54. The van der Waals surface area contributed by atoms with Crippen LogP contribution in [0.5, 0.6) is 11.5 Å². The lowest BCUT2D eigenvalue weighted by Crippen LogP contribution is -2.06. The van der Waals surface area contributed by atoms with E-state index < -0.39 is 12.8 Å². The van der Waals surface area contributed by atoms with Gasteiger partial charge in [-0.15, -0.1) is 0 Å². The van der Waals surface area contributed by atoms with Crippen LogP contribution in [0.15, 0.2) is 54.6 Å². The SMILES string of the molecule is CCCCSP(=O)(Oc1ccccc1)Oc1ccccc1C(=O)OC. The number of unbranched alkanes of at least 4 members (excludes halogenated alkanes) is 1. The molecule has 1 unspecified atom stereocenters. The van der Waals surface area contributed by atoms with Gasteiger partial charge in [-0.1, -0.05) is 43.7 Å². The number of hydrogen-bond donors (Lipinski definition) is 0. The number of esters is 1. The first-order valence-corrected chi connectivity index (χ1v) is 11.1. The molecule has 0 aliphatic rings. The van der Waals surface area contributed by atoms with Gasteiger partial charge in [-0.05, 0) is 42.1 Å². The van der Waals surface area contributed by atoms with Crippen LogP contribution in [-0.4, -0.2) is 18.8 Å². The topological polar surface area (TPSA) is 61.8 Å². The highest BCUT2D eigenvalue weighted by atomic mass is 32.7. The van der Waals surface area contributed by atoms with Crippen LogP contribution < -0.4 is 9.05 Å². The molecule has 0 radical (unpaired) electrons. The van der Waals surface area contributed by atoms with Crippen molar-refractivity contribution in [2.75, 3.05) is 12.9 Å². The van der Waals surface area contributed by atoms with Crippen LogP contribution in [0.2, 0.25) is 0 Å². The maximum absolute atomic E-state index is 13.3. The summed E-state index contributed by atoms with van der Waals surface area (Å²) in [5.41, 5.74) is 0.206. The maximum atomic E-state index is 13.3. The lowest BCUT2D eigenvalue weighted by atomic mass is 10.2. The molecule has 0 aliphatic carbocycles. The Morgan fingerprint density at radius 2 is 1.72 bits per heavy atom. The van der Waals surface area contributed by atoms with Crippen molar-refractivity contribution in [1.82, 2.24) is 0 Å². The molecular formula is C18H21O5PS. The first-order chi connectivity index (χ1) is 12.1. The minimum absolute atomic E-state index is 0.178. The highest BCUT2D eigenvalue weighted by Crippen LogP contribution is 2.60. The standard InChI is InChI=1S/C18H21O5PS/c1-3-4-14-25-24(20,22-15-10-6-5-7-11-15)23-17-13-9-8-12-16(17)18(19)21-2/h5-13H,3-4,14H2,1-2H3. The third-order valence-electron chi connectivity index (χ3n) is 3.21. The molecule has 0 saturated heterocycles.